The molecule has 2 aliphatic heterocycles. The summed E-state index contributed by atoms with van der Waals surface area (Å²) in [6.07, 6.45) is 4.06. The van der Waals surface area contributed by atoms with Crippen LogP contribution < -0.4 is 25.3 Å². The fraction of sp³-hybridized carbons (Fsp3) is 0.767. The van der Waals surface area contributed by atoms with Crippen molar-refractivity contribution in [3.63, 3.8) is 0 Å². The molecule has 0 bridgehead atoms. The zero-order valence-corrected chi connectivity index (χ0v) is 27.6. The van der Waals surface area contributed by atoms with Crippen LogP contribution in [-0.2, 0) is 28.5 Å². The molecular formula is C30H51N9O6. The minimum absolute atomic E-state index is 0.167. The Morgan fingerprint density at radius 2 is 1.04 bits per heavy atom. The predicted molar refractivity (Wildman–Crippen MR) is 173 cm³/mol. The van der Waals surface area contributed by atoms with E-state index in [4.69, 9.17) is 49.4 Å². The van der Waals surface area contributed by atoms with Gasteiger partial charge in [-0.1, -0.05) is 0 Å². The molecule has 15 heteroatoms. The van der Waals surface area contributed by atoms with Crippen LogP contribution in [0.3, 0.4) is 0 Å². The van der Waals surface area contributed by atoms with Crippen molar-refractivity contribution in [2.75, 3.05) is 127 Å². The molecule has 2 aliphatic rings. The van der Waals surface area contributed by atoms with Gasteiger partial charge in [-0.3, -0.25) is 4.79 Å². The average Bonchev–Trinajstić information content (AvgIpc) is 3.07. The summed E-state index contributed by atoms with van der Waals surface area (Å²) >= 11 is 0. The fourth-order valence-electron chi connectivity index (χ4n) is 5.77. The molecule has 2 aromatic heterocycles. The van der Waals surface area contributed by atoms with E-state index in [0.717, 1.165) is 63.5 Å². The lowest BCUT2D eigenvalue weighted by molar-refractivity contribution is -0.117. The van der Waals surface area contributed by atoms with Crippen molar-refractivity contribution < 1.29 is 28.5 Å². The Morgan fingerprint density at radius 3 is 1.38 bits per heavy atom. The van der Waals surface area contributed by atoms with Crippen LogP contribution in [0.25, 0.3) is 11.0 Å². The van der Waals surface area contributed by atoms with Crippen molar-refractivity contribution in [1.82, 2.24) is 19.9 Å². The first-order chi connectivity index (χ1) is 21.9. The van der Waals surface area contributed by atoms with Crippen LogP contribution in [0.2, 0.25) is 0 Å². The van der Waals surface area contributed by atoms with Crippen molar-refractivity contribution in [2.45, 2.75) is 44.3 Å². The molecule has 0 unspecified atom stereocenters. The van der Waals surface area contributed by atoms with Crippen LogP contribution in [0.15, 0.2) is 0 Å². The lowest BCUT2D eigenvalue weighted by atomic mass is 10.1. The number of piperidine rings is 2. The van der Waals surface area contributed by atoms with E-state index in [1.54, 1.807) is 35.5 Å². The number of primary amides is 1. The smallest absolute Gasteiger partial charge is 0.228 e. The number of fused-ring (bicyclic) bond motifs is 1. The molecule has 0 saturated carbocycles. The van der Waals surface area contributed by atoms with Crippen molar-refractivity contribution in [3.05, 3.63) is 0 Å². The SMILES string of the molecule is COCCN(CCOC)c1nc(N2CCC(OC)CC2)c2nc(N(CCOC)CCC(N)=O)nc(N3CCC(OC)CC3)c2n1. The molecule has 45 heavy (non-hydrogen) atoms. The van der Waals surface area contributed by atoms with Gasteiger partial charge in [0.1, 0.15) is 11.0 Å². The molecular weight excluding hydrogens is 582 g/mol. The van der Waals surface area contributed by atoms with Gasteiger partial charge < -0.3 is 49.0 Å². The van der Waals surface area contributed by atoms with Crippen LogP contribution in [0, 0.1) is 0 Å². The summed E-state index contributed by atoms with van der Waals surface area (Å²) in [6.45, 7) is 6.58. The van der Waals surface area contributed by atoms with E-state index in [9.17, 15) is 4.79 Å². The van der Waals surface area contributed by atoms with E-state index in [2.05, 4.69) is 14.7 Å². The van der Waals surface area contributed by atoms with Gasteiger partial charge in [-0.15, -0.1) is 0 Å². The molecule has 1 amide bonds. The van der Waals surface area contributed by atoms with E-state index < -0.39 is 0 Å². The molecule has 252 valence electrons. The third-order valence-corrected chi connectivity index (χ3v) is 8.52. The quantitative estimate of drug-likeness (QED) is 0.249. The maximum absolute atomic E-state index is 11.8. The van der Waals surface area contributed by atoms with Gasteiger partial charge in [-0.05, 0) is 25.7 Å². The Labute approximate surface area is 266 Å². The zero-order chi connectivity index (χ0) is 32.2. The number of amides is 1. The lowest BCUT2D eigenvalue weighted by Gasteiger charge is -2.35. The molecule has 0 aliphatic carbocycles. The third-order valence-electron chi connectivity index (χ3n) is 8.52. The molecule has 2 fully saturated rings. The average molecular weight is 634 g/mol. The summed E-state index contributed by atoms with van der Waals surface area (Å²) in [5.41, 5.74) is 6.91. The van der Waals surface area contributed by atoms with Gasteiger partial charge in [0.25, 0.3) is 0 Å². The van der Waals surface area contributed by atoms with Crippen LogP contribution in [-0.4, -0.2) is 146 Å². The zero-order valence-electron chi connectivity index (χ0n) is 27.6. The number of carbonyl (C=O) groups excluding carboxylic acids is 1. The molecule has 0 atom stereocenters. The van der Waals surface area contributed by atoms with E-state index in [-0.39, 0.29) is 24.5 Å². The van der Waals surface area contributed by atoms with Crippen LogP contribution >= 0.6 is 0 Å². The molecule has 4 heterocycles. The van der Waals surface area contributed by atoms with Gasteiger partial charge in [0.05, 0.1) is 32.0 Å². The van der Waals surface area contributed by atoms with E-state index >= 15 is 0 Å². The normalized spacial score (nSPS) is 16.5. The van der Waals surface area contributed by atoms with Gasteiger partial charge in [-0.25, -0.2) is 9.97 Å². The van der Waals surface area contributed by atoms with E-state index in [1.165, 1.54) is 0 Å². The molecule has 0 radical (unpaired) electrons. The Balaban J connectivity index is 1.91. The molecule has 4 rings (SSSR count). The number of carbonyl (C=O) groups is 1. The fourth-order valence-corrected chi connectivity index (χ4v) is 5.77. The van der Waals surface area contributed by atoms with Crippen molar-refractivity contribution in [1.29, 1.82) is 0 Å². The van der Waals surface area contributed by atoms with Gasteiger partial charge in [0.2, 0.25) is 17.8 Å². The minimum atomic E-state index is -0.387. The Morgan fingerprint density at radius 1 is 0.667 bits per heavy atom. The highest BCUT2D eigenvalue weighted by Crippen LogP contribution is 2.35. The summed E-state index contributed by atoms with van der Waals surface area (Å²) < 4.78 is 27.6. The molecule has 0 spiro atoms. The highest BCUT2D eigenvalue weighted by Gasteiger charge is 2.30. The summed E-state index contributed by atoms with van der Waals surface area (Å²) in [6, 6.07) is 0. The highest BCUT2D eigenvalue weighted by atomic mass is 16.5. The number of methoxy groups -OCH3 is 5. The Kier molecular flexibility index (Phi) is 13.6. The van der Waals surface area contributed by atoms with Crippen molar-refractivity contribution in [2.24, 2.45) is 5.73 Å². The number of hydrogen-bond acceptors (Lipinski definition) is 14. The van der Waals surface area contributed by atoms with Gasteiger partial charge in [-0.2, -0.15) is 9.97 Å². The van der Waals surface area contributed by atoms with E-state index in [0.29, 0.717) is 68.9 Å². The second kappa shape index (κ2) is 17.5. The largest absolute Gasteiger partial charge is 0.383 e. The highest BCUT2D eigenvalue weighted by molar-refractivity contribution is 5.95. The molecule has 0 aromatic carbocycles. The number of aromatic nitrogens is 4. The predicted octanol–water partition coefficient (Wildman–Crippen LogP) is 1.08. The maximum Gasteiger partial charge on any atom is 0.228 e. The summed E-state index contributed by atoms with van der Waals surface area (Å²) in [4.78, 5) is 41.0. The van der Waals surface area contributed by atoms with Gasteiger partial charge >= 0.3 is 0 Å². The summed E-state index contributed by atoms with van der Waals surface area (Å²) in [7, 11) is 8.55. The van der Waals surface area contributed by atoms with Crippen molar-refractivity contribution >= 4 is 40.5 Å². The summed E-state index contributed by atoms with van der Waals surface area (Å²) in [5.74, 6) is 2.17. The molecule has 2 aromatic rings. The Bertz CT molecular complexity index is 1200. The first-order valence-electron chi connectivity index (χ1n) is 15.8. The van der Waals surface area contributed by atoms with Gasteiger partial charge in [0, 0.05) is 94.3 Å². The van der Waals surface area contributed by atoms with Crippen LogP contribution in [0.4, 0.5) is 23.5 Å². The number of rotatable bonds is 18. The minimum Gasteiger partial charge on any atom is -0.383 e. The second-order valence-electron chi connectivity index (χ2n) is 11.4. The molecule has 2 N–H and O–H groups in total. The number of nitrogens with zero attached hydrogens (tertiary/aromatic N) is 8. The monoisotopic (exact) mass is 633 g/mol. The third kappa shape index (κ3) is 9.22. The first kappa shape index (κ1) is 34.8. The lowest BCUT2D eigenvalue weighted by Crippen LogP contribution is -2.40. The van der Waals surface area contributed by atoms with E-state index in [1.807, 2.05) is 4.90 Å². The Hall–Kier alpha value is -3.11. The van der Waals surface area contributed by atoms with Crippen molar-refractivity contribution in [3.8, 4) is 0 Å². The molecule has 2 saturated heterocycles. The maximum atomic E-state index is 11.8. The second-order valence-corrected chi connectivity index (χ2v) is 11.4. The first-order valence-corrected chi connectivity index (χ1v) is 15.8. The standard InChI is InChI=1S/C30H51N9O6/c1-41-19-16-38(15-10-24(31)40)29-32-25-26(27(34-29)36-11-6-22(44-4)7-12-36)33-30(39(17-20-42-2)18-21-43-3)35-28(25)37-13-8-23(45-5)9-14-37/h22-23H,6-21H2,1-5H3,(H2,31,40). The number of ether oxygens (including phenoxy) is 5. The summed E-state index contributed by atoms with van der Waals surface area (Å²) in [5, 5.41) is 0. The van der Waals surface area contributed by atoms with Gasteiger partial charge in [0.15, 0.2) is 11.6 Å². The number of anilines is 4. The molecule has 15 nitrogen and oxygen atoms in total. The number of nitrogens with two attached hydrogens (primary N) is 1. The topological polar surface area (TPSA) is 154 Å². The number of hydrogen-bond donors (Lipinski definition) is 1. The van der Waals surface area contributed by atoms with Crippen LogP contribution in [0.5, 0.6) is 0 Å². The van der Waals surface area contributed by atoms with Crippen LogP contribution in [0.1, 0.15) is 32.1 Å².